The number of hydrogen-bond donors (Lipinski definition) is 1. The van der Waals surface area contributed by atoms with Crippen molar-refractivity contribution in [3.63, 3.8) is 0 Å². The molecule has 3 nitrogen and oxygen atoms in total. The van der Waals surface area contributed by atoms with Crippen LogP contribution in [0.3, 0.4) is 0 Å². The second-order valence-corrected chi connectivity index (χ2v) is 4.34. The molecule has 0 radical (unpaired) electrons. The standard InChI is InChI=1S/C12H12ClNO2/c13-9-3-1-8(2-4-9)7-11(15)10-5-6-14-12(10)16/h1-4,10H,5-7H2,(H,14,16). The highest BCUT2D eigenvalue weighted by atomic mass is 35.5. The smallest absolute Gasteiger partial charge is 0.230 e. The van der Waals surface area contributed by atoms with Crippen molar-refractivity contribution < 1.29 is 9.59 Å². The number of amides is 1. The van der Waals surface area contributed by atoms with E-state index in [1.165, 1.54) is 0 Å². The number of halogens is 1. The summed E-state index contributed by atoms with van der Waals surface area (Å²) in [6.45, 7) is 0.607. The molecule has 1 amide bonds. The fourth-order valence-electron chi connectivity index (χ4n) is 1.83. The van der Waals surface area contributed by atoms with Gasteiger partial charge < -0.3 is 5.32 Å². The van der Waals surface area contributed by atoms with Crippen LogP contribution in [0.25, 0.3) is 0 Å². The molecule has 0 spiro atoms. The van der Waals surface area contributed by atoms with Crippen molar-refractivity contribution in [2.24, 2.45) is 5.92 Å². The quantitative estimate of drug-likeness (QED) is 0.812. The largest absolute Gasteiger partial charge is 0.355 e. The Balaban J connectivity index is 2.02. The first-order valence-corrected chi connectivity index (χ1v) is 5.59. The van der Waals surface area contributed by atoms with Crippen molar-refractivity contribution in [1.82, 2.24) is 5.32 Å². The Hall–Kier alpha value is -1.35. The SMILES string of the molecule is O=C(Cc1ccc(Cl)cc1)C1CCNC1=O. The van der Waals surface area contributed by atoms with Crippen LogP contribution in [0.1, 0.15) is 12.0 Å². The Morgan fingerprint density at radius 1 is 1.38 bits per heavy atom. The van der Waals surface area contributed by atoms with Crippen LogP contribution in [-0.2, 0) is 16.0 Å². The van der Waals surface area contributed by atoms with Gasteiger partial charge >= 0.3 is 0 Å². The van der Waals surface area contributed by atoms with Crippen molar-refractivity contribution in [3.05, 3.63) is 34.9 Å². The van der Waals surface area contributed by atoms with Crippen molar-refractivity contribution >= 4 is 23.3 Å². The van der Waals surface area contributed by atoms with Crippen LogP contribution in [0.4, 0.5) is 0 Å². The van der Waals surface area contributed by atoms with E-state index in [1.807, 2.05) is 12.1 Å². The number of nitrogens with one attached hydrogen (secondary N) is 1. The van der Waals surface area contributed by atoms with E-state index >= 15 is 0 Å². The van der Waals surface area contributed by atoms with Crippen LogP contribution in [-0.4, -0.2) is 18.2 Å². The molecule has 4 heteroatoms. The Bertz CT molecular complexity index is 414. The number of hydrogen-bond acceptors (Lipinski definition) is 2. The first-order chi connectivity index (χ1) is 7.66. The van der Waals surface area contributed by atoms with Gasteiger partial charge in [0.2, 0.25) is 5.91 Å². The minimum atomic E-state index is -0.462. The van der Waals surface area contributed by atoms with Crippen molar-refractivity contribution in [2.75, 3.05) is 6.54 Å². The topological polar surface area (TPSA) is 46.2 Å². The molecule has 0 aromatic heterocycles. The molecule has 1 aromatic rings. The Morgan fingerprint density at radius 3 is 2.62 bits per heavy atom. The Labute approximate surface area is 98.8 Å². The lowest BCUT2D eigenvalue weighted by Gasteiger charge is -2.05. The predicted octanol–water partition coefficient (Wildman–Crippen LogP) is 1.59. The van der Waals surface area contributed by atoms with Crippen molar-refractivity contribution in [3.8, 4) is 0 Å². The lowest BCUT2D eigenvalue weighted by Crippen LogP contribution is -2.26. The first-order valence-electron chi connectivity index (χ1n) is 5.21. The van der Waals surface area contributed by atoms with Gasteiger partial charge in [0, 0.05) is 18.0 Å². The van der Waals surface area contributed by atoms with Crippen LogP contribution < -0.4 is 5.32 Å². The summed E-state index contributed by atoms with van der Waals surface area (Å²) < 4.78 is 0. The first kappa shape index (κ1) is 11.1. The van der Waals surface area contributed by atoms with E-state index < -0.39 is 5.92 Å². The van der Waals surface area contributed by atoms with Gasteiger partial charge in [-0.1, -0.05) is 23.7 Å². The minimum Gasteiger partial charge on any atom is -0.355 e. The zero-order valence-electron chi connectivity index (χ0n) is 8.70. The lowest BCUT2D eigenvalue weighted by molar-refractivity contribution is -0.131. The number of ketones is 1. The molecule has 1 unspecified atom stereocenters. The van der Waals surface area contributed by atoms with Gasteiger partial charge in [0.05, 0.1) is 5.92 Å². The minimum absolute atomic E-state index is 0.0164. The number of carbonyl (C=O) groups excluding carboxylic acids is 2. The maximum atomic E-state index is 11.8. The summed E-state index contributed by atoms with van der Waals surface area (Å²) in [5, 5.41) is 3.31. The molecular formula is C12H12ClNO2. The molecule has 84 valence electrons. The Morgan fingerprint density at radius 2 is 2.06 bits per heavy atom. The molecular weight excluding hydrogens is 226 g/mol. The molecule has 16 heavy (non-hydrogen) atoms. The summed E-state index contributed by atoms with van der Waals surface area (Å²) in [6, 6.07) is 7.12. The van der Waals surface area contributed by atoms with Gasteiger partial charge in [-0.3, -0.25) is 9.59 Å². The molecule has 1 saturated heterocycles. The Kier molecular flexibility index (Phi) is 3.25. The number of rotatable bonds is 3. The highest BCUT2D eigenvalue weighted by Gasteiger charge is 2.30. The third kappa shape index (κ3) is 2.42. The molecule has 2 rings (SSSR count). The molecule has 0 aliphatic carbocycles. The van der Waals surface area contributed by atoms with E-state index in [1.54, 1.807) is 12.1 Å². The maximum absolute atomic E-state index is 11.8. The average Bonchev–Trinajstić information content (AvgIpc) is 2.68. The van der Waals surface area contributed by atoms with Crippen LogP contribution in [0.2, 0.25) is 5.02 Å². The zero-order chi connectivity index (χ0) is 11.5. The fraction of sp³-hybridized carbons (Fsp3) is 0.333. The highest BCUT2D eigenvalue weighted by molar-refractivity contribution is 6.30. The monoisotopic (exact) mass is 237 g/mol. The maximum Gasteiger partial charge on any atom is 0.230 e. The third-order valence-electron chi connectivity index (χ3n) is 2.73. The van der Waals surface area contributed by atoms with Gasteiger partial charge in [-0.25, -0.2) is 0 Å². The molecule has 1 atom stereocenters. The number of Topliss-reactive ketones (excluding diaryl/α,β-unsaturated/α-hetero) is 1. The van der Waals surface area contributed by atoms with Gasteiger partial charge in [-0.05, 0) is 24.1 Å². The molecule has 1 aromatic carbocycles. The van der Waals surface area contributed by atoms with Crippen LogP contribution >= 0.6 is 11.6 Å². The summed E-state index contributed by atoms with van der Waals surface area (Å²) in [7, 11) is 0. The molecule has 1 heterocycles. The van der Waals surface area contributed by atoms with Gasteiger partial charge in [-0.2, -0.15) is 0 Å². The summed E-state index contributed by atoms with van der Waals surface area (Å²) in [5.41, 5.74) is 0.897. The van der Waals surface area contributed by atoms with Crippen LogP contribution in [0, 0.1) is 5.92 Å². The summed E-state index contributed by atoms with van der Waals surface area (Å²) in [4.78, 5) is 23.1. The number of carbonyl (C=O) groups is 2. The summed E-state index contributed by atoms with van der Waals surface area (Å²) in [5.74, 6) is -0.619. The highest BCUT2D eigenvalue weighted by Crippen LogP contribution is 2.15. The second-order valence-electron chi connectivity index (χ2n) is 3.90. The number of benzene rings is 1. The van der Waals surface area contributed by atoms with Gasteiger partial charge in [-0.15, -0.1) is 0 Å². The van der Waals surface area contributed by atoms with Gasteiger partial charge in [0.1, 0.15) is 5.78 Å². The average molecular weight is 238 g/mol. The lowest BCUT2D eigenvalue weighted by atomic mass is 9.97. The normalized spacial score (nSPS) is 19.6. The van der Waals surface area contributed by atoms with E-state index in [0.29, 0.717) is 24.4 Å². The van der Waals surface area contributed by atoms with E-state index in [4.69, 9.17) is 11.6 Å². The van der Waals surface area contributed by atoms with Crippen LogP contribution in [0.15, 0.2) is 24.3 Å². The van der Waals surface area contributed by atoms with E-state index in [-0.39, 0.29) is 11.7 Å². The van der Waals surface area contributed by atoms with Crippen LogP contribution in [0.5, 0.6) is 0 Å². The molecule has 1 aliphatic heterocycles. The van der Waals surface area contributed by atoms with E-state index in [2.05, 4.69) is 5.32 Å². The molecule has 1 fully saturated rings. The van der Waals surface area contributed by atoms with E-state index in [9.17, 15) is 9.59 Å². The fourth-order valence-corrected chi connectivity index (χ4v) is 1.95. The van der Waals surface area contributed by atoms with Crippen molar-refractivity contribution in [2.45, 2.75) is 12.8 Å². The van der Waals surface area contributed by atoms with Crippen molar-refractivity contribution in [1.29, 1.82) is 0 Å². The predicted molar refractivity (Wildman–Crippen MR) is 61.3 cm³/mol. The third-order valence-corrected chi connectivity index (χ3v) is 2.98. The molecule has 1 N–H and O–H groups in total. The van der Waals surface area contributed by atoms with Gasteiger partial charge in [0.15, 0.2) is 0 Å². The van der Waals surface area contributed by atoms with Gasteiger partial charge in [0.25, 0.3) is 0 Å². The zero-order valence-corrected chi connectivity index (χ0v) is 9.46. The van der Waals surface area contributed by atoms with E-state index in [0.717, 1.165) is 5.56 Å². The second kappa shape index (κ2) is 4.66. The molecule has 0 bridgehead atoms. The summed E-state index contributed by atoms with van der Waals surface area (Å²) >= 11 is 5.75. The summed E-state index contributed by atoms with van der Waals surface area (Å²) in [6.07, 6.45) is 0.917. The molecule has 1 aliphatic rings. The molecule has 0 saturated carbocycles.